The number of Topliss-reactive ketones (excluding diaryl/α,β-unsaturated/α-hetero) is 1. The predicted octanol–water partition coefficient (Wildman–Crippen LogP) is 1.37. The minimum Gasteiger partial charge on any atom is -0.338 e. The van der Waals surface area contributed by atoms with E-state index in [1.54, 1.807) is 21.9 Å². The van der Waals surface area contributed by atoms with E-state index in [1.165, 1.54) is 23.4 Å². The van der Waals surface area contributed by atoms with Crippen molar-refractivity contribution in [1.29, 1.82) is 0 Å². The highest BCUT2D eigenvalue weighted by molar-refractivity contribution is 7.89. The van der Waals surface area contributed by atoms with Gasteiger partial charge in [0.05, 0.1) is 4.90 Å². The highest BCUT2D eigenvalue weighted by Crippen LogP contribution is 2.23. The molecule has 1 aromatic rings. The van der Waals surface area contributed by atoms with Crippen molar-refractivity contribution in [3.63, 3.8) is 0 Å². The van der Waals surface area contributed by atoms with Gasteiger partial charge in [0.15, 0.2) is 5.78 Å². The van der Waals surface area contributed by atoms with Gasteiger partial charge < -0.3 is 9.80 Å². The third-order valence-corrected chi connectivity index (χ3v) is 7.65. The van der Waals surface area contributed by atoms with Crippen molar-refractivity contribution in [1.82, 2.24) is 14.1 Å². The zero-order chi connectivity index (χ0) is 22.1. The number of hydrogen-bond acceptors (Lipinski definition) is 5. The van der Waals surface area contributed by atoms with Gasteiger partial charge in [-0.3, -0.25) is 14.4 Å². The van der Waals surface area contributed by atoms with Crippen molar-refractivity contribution in [2.75, 3.05) is 32.7 Å². The maximum absolute atomic E-state index is 13.1. The molecule has 30 heavy (non-hydrogen) atoms. The Morgan fingerprint density at radius 2 is 1.70 bits per heavy atom. The van der Waals surface area contributed by atoms with E-state index in [2.05, 4.69) is 0 Å². The monoisotopic (exact) mass is 435 g/mol. The molecule has 3 rings (SSSR count). The maximum atomic E-state index is 13.1. The van der Waals surface area contributed by atoms with Crippen LogP contribution in [0.2, 0.25) is 0 Å². The SMILES string of the molecule is CC(=O)c1cccc(S(=O)(=O)N2CCN(C(=O)C(C(C)C)N3CCCC3=O)CC2)c1. The number of amides is 2. The van der Waals surface area contributed by atoms with Gasteiger partial charge in [0, 0.05) is 44.7 Å². The second-order valence-electron chi connectivity index (χ2n) is 8.19. The Kier molecular flexibility index (Phi) is 6.62. The van der Waals surface area contributed by atoms with Crippen molar-refractivity contribution in [3.8, 4) is 0 Å². The summed E-state index contributed by atoms with van der Waals surface area (Å²) in [4.78, 5) is 40.3. The van der Waals surface area contributed by atoms with Crippen LogP contribution in [0.5, 0.6) is 0 Å². The van der Waals surface area contributed by atoms with Crippen LogP contribution in [0.25, 0.3) is 0 Å². The van der Waals surface area contributed by atoms with Gasteiger partial charge in [0.2, 0.25) is 21.8 Å². The van der Waals surface area contributed by atoms with Crippen molar-refractivity contribution in [2.45, 2.75) is 44.6 Å². The van der Waals surface area contributed by atoms with E-state index in [1.807, 2.05) is 13.8 Å². The zero-order valence-corrected chi connectivity index (χ0v) is 18.5. The third-order valence-electron chi connectivity index (χ3n) is 5.76. The molecule has 0 aliphatic carbocycles. The van der Waals surface area contributed by atoms with Crippen LogP contribution in [0.3, 0.4) is 0 Å². The second kappa shape index (κ2) is 8.85. The van der Waals surface area contributed by atoms with Gasteiger partial charge in [-0.25, -0.2) is 8.42 Å². The first-order valence-corrected chi connectivity index (χ1v) is 11.8. The third kappa shape index (κ3) is 4.41. The number of carbonyl (C=O) groups excluding carboxylic acids is 3. The van der Waals surface area contributed by atoms with Crippen molar-refractivity contribution < 1.29 is 22.8 Å². The summed E-state index contributed by atoms with van der Waals surface area (Å²) < 4.78 is 27.3. The molecule has 2 amide bonds. The summed E-state index contributed by atoms with van der Waals surface area (Å²) in [6, 6.07) is 5.51. The molecule has 0 bridgehead atoms. The minimum absolute atomic E-state index is 0.00798. The van der Waals surface area contributed by atoms with Crippen molar-refractivity contribution in [2.24, 2.45) is 5.92 Å². The fraction of sp³-hybridized carbons (Fsp3) is 0.571. The standard InChI is InChI=1S/C21H29N3O5S/c1-15(2)20(24-9-5-8-19(24)26)21(27)22-10-12-23(13-11-22)30(28,29)18-7-4-6-17(14-18)16(3)25/h4,6-7,14-15,20H,5,8-13H2,1-3H3. The zero-order valence-electron chi connectivity index (χ0n) is 17.7. The maximum Gasteiger partial charge on any atom is 0.245 e. The molecule has 2 saturated heterocycles. The average Bonchev–Trinajstić information content (AvgIpc) is 3.13. The summed E-state index contributed by atoms with van der Waals surface area (Å²) in [5, 5.41) is 0. The van der Waals surface area contributed by atoms with E-state index in [9.17, 15) is 22.8 Å². The van der Waals surface area contributed by atoms with Crippen LogP contribution in [-0.4, -0.2) is 78.9 Å². The number of likely N-dealkylation sites (tertiary alicyclic amines) is 1. The molecule has 2 heterocycles. The lowest BCUT2D eigenvalue weighted by atomic mass is 10.0. The fourth-order valence-electron chi connectivity index (χ4n) is 4.10. The highest BCUT2D eigenvalue weighted by Gasteiger charge is 2.39. The number of piperazine rings is 1. The number of nitrogens with zero attached hydrogens (tertiary/aromatic N) is 3. The first kappa shape index (κ1) is 22.4. The number of carbonyl (C=O) groups is 3. The van der Waals surface area contributed by atoms with E-state index in [0.29, 0.717) is 18.5 Å². The van der Waals surface area contributed by atoms with Gasteiger partial charge in [0.25, 0.3) is 0 Å². The van der Waals surface area contributed by atoms with Crippen LogP contribution in [0.4, 0.5) is 0 Å². The quantitative estimate of drug-likeness (QED) is 0.629. The van der Waals surface area contributed by atoms with Gasteiger partial charge in [-0.05, 0) is 31.4 Å². The minimum atomic E-state index is -3.75. The second-order valence-corrected chi connectivity index (χ2v) is 10.1. The van der Waals surface area contributed by atoms with Gasteiger partial charge in [-0.1, -0.05) is 26.0 Å². The molecule has 1 aromatic carbocycles. The van der Waals surface area contributed by atoms with Crippen LogP contribution >= 0.6 is 0 Å². The molecule has 9 heteroatoms. The summed E-state index contributed by atoms with van der Waals surface area (Å²) in [7, 11) is -3.75. The molecule has 8 nitrogen and oxygen atoms in total. The Balaban J connectivity index is 1.70. The van der Waals surface area contributed by atoms with E-state index >= 15 is 0 Å². The average molecular weight is 436 g/mol. The molecule has 2 aliphatic rings. The summed E-state index contributed by atoms with van der Waals surface area (Å²) in [5.41, 5.74) is 0.347. The lowest BCUT2D eigenvalue weighted by molar-refractivity contribution is -0.146. The molecular weight excluding hydrogens is 406 g/mol. The van der Waals surface area contributed by atoms with Crippen LogP contribution in [0.1, 0.15) is 44.0 Å². The fourth-order valence-corrected chi connectivity index (χ4v) is 5.57. The normalized spacial score (nSPS) is 19.4. The smallest absolute Gasteiger partial charge is 0.245 e. The van der Waals surface area contributed by atoms with Crippen molar-refractivity contribution >= 4 is 27.6 Å². The Morgan fingerprint density at radius 1 is 1.03 bits per heavy atom. The molecule has 0 spiro atoms. The first-order chi connectivity index (χ1) is 14.1. The number of hydrogen-bond donors (Lipinski definition) is 0. The van der Waals surface area contributed by atoms with Gasteiger partial charge >= 0.3 is 0 Å². The van der Waals surface area contributed by atoms with Gasteiger partial charge in [-0.15, -0.1) is 0 Å². The summed E-state index contributed by atoms with van der Waals surface area (Å²) >= 11 is 0. The topological polar surface area (TPSA) is 95.1 Å². The number of sulfonamides is 1. The molecule has 164 valence electrons. The number of benzene rings is 1. The lowest BCUT2D eigenvalue weighted by Gasteiger charge is -2.39. The molecule has 1 unspecified atom stereocenters. The molecule has 0 saturated carbocycles. The van der Waals surface area contributed by atoms with E-state index < -0.39 is 16.1 Å². The molecule has 1 atom stereocenters. The molecule has 0 radical (unpaired) electrons. The van der Waals surface area contributed by atoms with Crippen LogP contribution in [0, 0.1) is 5.92 Å². The molecule has 2 fully saturated rings. The largest absolute Gasteiger partial charge is 0.338 e. The molecular formula is C21H29N3O5S. The Hall–Kier alpha value is -2.26. The van der Waals surface area contributed by atoms with E-state index in [0.717, 1.165) is 6.42 Å². The lowest BCUT2D eigenvalue weighted by Crippen LogP contribution is -2.57. The van der Waals surface area contributed by atoms with Crippen LogP contribution in [-0.2, 0) is 19.6 Å². The Labute approximate surface area is 177 Å². The predicted molar refractivity (Wildman–Crippen MR) is 111 cm³/mol. The molecule has 2 aliphatic heterocycles. The van der Waals surface area contributed by atoms with Crippen molar-refractivity contribution in [3.05, 3.63) is 29.8 Å². The summed E-state index contributed by atoms with van der Waals surface area (Å²) in [6.07, 6.45) is 1.24. The Morgan fingerprint density at radius 3 is 2.23 bits per heavy atom. The first-order valence-electron chi connectivity index (χ1n) is 10.3. The molecule has 0 aromatic heterocycles. The molecule has 0 N–H and O–H groups in total. The summed E-state index contributed by atoms with van der Waals surface area (Å²) in [5.74, 6) is -0.321. The van der Waals surface area contributed by atoms with Gasteiger partial charge in [-0.2, -0.15) is 4.31 Å². The van der Waals surface area contributed by atoms with E-state index in [-0.39, 0.29) is 54.6 Å². The van der Waals surface area contributed by atoms with Gasteiger partial charge in [0.1, 0.15) is 6.04 Å². The summed E-state index contributed by atoms with van der Waals surface area (Å²) in [6.45, 7) is 6.74. The number of ketones is 1. The van der Waals surface area contributed by atoms with Crippen LogP contribution in [0.15, 0.2) is 29.2 Å². The van der Waals surface area contributed by atoms with E-state index in [4.69, 9.17) is 0 Å². The highest BCUT2D eigenvalue weighted by atomic mass is 32.2. The number of rotatable bonds is 6. The van der Waals surface area contributed by atoms with Crippen LogP contribution < -0.4 is 0 Å². The Bertz CT molecular complexity index is 936.